The third-order valence-corrected chi connectivity index (χ3v) is 4.66. The summed E-state index contributed by atoms with van der Waals surface area (Å²) in [6.07, 6.45) is -0.352. The molecule has 2 aromatic heterocycles. The standard InChI is InChI=1S/C18H19F3N6O3/c19-18(20,21)10-29-15-2-1-13(7-23-15)30-14-3-4-27(16(14)28)12-5-24-17(25-6-12)26-8-11(22)9-26/h1-2,5-7,11,14H,3-4,8-10,22H2. The van der Waals surface area contributed by atoms with Gasteiger partial charge in [0.05, 0.1) is 24.3 Å². The molecule has 2 saturated heterocycles. The summed E-state index contributed by atoms with van der Waals surface area (Å²) in [6, 6.07) is 2.79. The average molecular weight is 424 g/mol. The number of amides is 1. The van der Waals surface area contributed by atoms with E-state index in [1.165, 1.54) is 23.2 Å². The Morgan fingerprint density at radius 3 is 2.47 bits per heavy atom. The summed E-state index contributed by atoms with van der Waals surface area (Å²) in [5, 5.41) is 0. The van der Waals surface area contributed by atoms with E-state index in [2.05, 4.69) is 19.7 Å². The van der Waals surface area contributed by atoms with E-state index in [9.17, 15) is 18.0 Å². The Labute approximate surface area is 169 Å². The van der Waals surface area contributed by atoms with Crippen molar-refractivity contribution in [3.8, 4) is 11.6 Å². The molecule has 0 saturated carbocycles. The summed E-state index contributed by atoms with van der Waals surface area (Å²) in [7, 11) is 0. The maximum absolute atomic E-state index is 12.7. The van der Waals surface area contributed by atoms with Crippen LogP contribution in [0.2, 0.25) is 0 Å². The van der Waals surface area contributed by atoms with Crippen LogP contribution in [0.3, 0.4) is 0 Å². The lowest BCUT2D eigenvalue weighted by molar-refractivity contribution is -0.154. The fraction of sp³-hybridized carbons (Fsp3) is 0.444. The molecule has 30 heavy (non-hydrogen) atoms. The molecule has 12 heteroatoms. The molecule has 2 fully saturated rings. The van der Waals surface area contributed by atoms with Gasteiger partial charge in [0.2, 0.25) is 11.8 Å². The first-order valence-corrected chi connectivity index (χ1v) is 9.25. The van der Waals surface area contributed by atoms with E-state index in [4.69, 9.17) is 10.5 Å². The number of hydrogen-bond acceptors (Lipinski definition) is 8. The van der Waals surface area contributed by atoms with Crippen molar-refractivity contribution in [2.75, 3.05) is 36.0 Å². The van der Waals surface area contributed by atoms with Gasteiger partial charge in [-0.3, -0.25) is 4.79 Å². The number of alkyl halides is 3. The second kappa shape index (κ2) is 7.94. The zero-order valence-corrected chi connectivity index (χ0v) is 15.7. The van der Waals surface area contributed by atoms with Gasteiger partial charge in [-0.05, 0) is 6.07 Å². The van der Waals surface area contributed by atoms with Gasteiger partial charge >= 0.3 is 6.18 Å². The molecule has 0 spiro atoms. The Bertz CT molecular complexity index is 888. The molecule has 1 unspecified atom stereocenters. The van der Waals surface area contributed by atoms with Crippen LogP contribution >= 0.6 is 0 Å². The highest BCUT2D eigenvalue weighted by Gasteiger charge is 2.35. The summed E-state index contributed by atoms with van der Waals surface area (Å²) < 4.78 is 46.7. The number of ether oxygens (including phenoxy) is 2. The average Bonchev–Trinajstić information content (AvgIpc) is 3.05. The molecule has 2 aromatic rings. The van der Waals surface area contributed by atoms with Crippen molar-refractivity contribution in [2.45, 2.75) is 24.7 Å². The third kappa shape index (κ3) is 4.53. The Morgan fingerprint density at radius 1 is 1.13 bits per heavy atom. The van der Waals surface area contributed by atoms with Crippen LogP contribution in [0.4, 0.5) is 24.8 Å². The molecular weight excluding hydrogens is 405 g/mol. The number of anilines is 2. The van der Waals surface area contributed by atoms with Crippen LogP contribution in [0.5, 0.6) is 11.6 Å². The molecular formula is C18H19F3N6O3. The zero-order valence-electron chi connectivity index (χ0n) is 15.7. The molecule has 2 aliphatic heterocycles. The number of carbonyl (C=O) groups excluding carboxylic acids is 1. The summed E-state index contributed by atoms with van der Waals surface area (Å²) in [5.41, 5.74) is 6.32. The molecule has 1 amide bonds. The maximum Gasteiger partial charge on any atom is 0.422 e. The SMILES string of the molecule is NC1CN(c2ncc(N3CCC(Oc4ccc(OCC(F)(F)F)nc4)C3=O)cn2)C1. The Kier molecular flexibility index (Phi) is 5.33. The molecule has 160 valence electrons. The number of nitrogens with zero attached hydrogens (tertiary/aromatic N) is 5. The van der Waals surface area contributed by atoms with Crippen LogP contribution in [0.1, 0.15) is 6.42 Å². The molecule has 0 aromatic carbocycles. The summed E-state index contributed by atoms with van der Waals surface area (Å²) in [6.45, 7) is 0.403. The molecule has 0 bridgehead atoms. The molecule has 2 aliphatic rings. The summed E-state index contributed by atoms with van der Waals surface area (Å²) in [4.78, 5) is 28.5. The van der Waals surface area contributed by atoms with E-state index < -0.39 is 18.9 Å². The third-order valence-electron chi connectivity index (χ3n) is 4.66. The molecule has 2 N–H and O–H groups in total. The molecule has 4 rings (SSSR count). The number of carbonyl (C=O) groups is 1. The highest BCUT2D eigenvalue weighted by molar-refractivity contribution is 5.98. The van der Waals surface area contributed by atoms with Gasteiger partial charge in [-0.15, -0.1) is 0 Å². The maximum atomic E-state index is 12.7. The predicted octanol–water partition coefficient (Wildman–Crippen LogP) is 1.14. The van der Waals surface area contributed by atoms with Crippen LogP contribution in [0.25, 0.3) is 0 Å². The van der Waals surface area contributed by atoms with Crippen LogP contribution in [0.15, 0.2) is 30.7 Å². The second-order valence-electron chi connectivity index (χ2n) is 7.03. The first-order valence-electron chi connectivity index (χ1n) is 9.25. The lowest BCUT2D eigenvalue weighted by Gasteiger charge is -2.36. The highest BCUT2D eigenvalue weighted by Crippen LogP contribution is 2.26. The molecule has 0 radical (unpaired) electrons. The predicted molar refractivity (Wildman–Crippen MR) is 99.4 cm³/mol. The number of aromatic nitrogens is 3. The van der Waals surface area contributed by atoms with E-state index in [0.717, 1.165) is 0 Å². The van der Waals surface area contributed by atoms with E-state index in [-0.39, 0.29) is 23.6 Å². The lowest BCUT2D eigenvalue weighted by Crippen LogP contribution is -2.56. The smallest absolute Gasteiger partial charge is 0.422 e. The van der Waals surface area contributed by atoms with Crippen LogP contribution in [-0.4, -0.2) is 65.4 Å². The number of nitrogens with two attached hydrogens (primary N) is 1. The topological polar surface area (TPSA) is 107 Å². The van der Waals surface area contributed by atoms with Crippen molar-refractivity contribution in [1.29, 1.82) is 0 Å². The number of hydrogen-bond donors (Lipinski definition) is 1. The Balaban J connectivity index is 1.33. The van der Waals surface area contributed by atoms with Gasteiger partial charge < -0.3 is 25.0 Å². The largest absolute Gasteiger partial charge is 0.479 e. The minimum absolute atomic E-state index is 0.131. The fourth-order valence-corrected chi connectivity index (χ4v) is 3.15. The normalized spacial score (nSPS) is 19.7. The molecule has 0 aliphatic carbocycles. The van der Waals surface area contributed by atoms with Crippen LogP contribution < -0.4 is 25.0 Å². The highest BCUT2D eigenvalue weighted by atomic mass is 19.4. The van der Waals surface area contributed by atoms with Gasteiger partial charge in [-0.25, -0.2) is 15.0 Å². The number of pyridine rings is 1. The van der Waals surface area contributed by atoms with Gasteiger partial charge in [0.15, 0.2) is 12.7 Å². The van der Waals surface area contributed by atoms with Crippen molar-refractivity contribution >= 4 is 17.5 Å². The van der Waals surface area contributed by atoms with Gasteiger partial charge in [-0.2, -0.15) is 13.2 Å². The van der Waals surface area contributed by atoms with Gasteiger partial charge in [0.25, 0.3) is 5.91 Å². The van der Waals surface area contributed by atoms with E-state index in [1.54, 1.807) is 12.4 Å². The fourth-order valence-electron chi connectivity index (χ4n) is 3.15. The van der Waals surface area contributed by atoms with Crippen molar-refractivity contribution in [1.82, 2.24) is 15.0 Å². The monoisotopic (exact) mass is 424 g/mol. The molecule has 9 nitrogen and oxygen atoms in total. The van der Waals surface area contributed by atoms with Crippen molar-refractivity contribution < 1.29 is 27.4 Å². The van der Waals surface area contributed by atoms with Gasteiger partial charge in [0.1, 0.15) is 5.75 Å². The minimum atomic E-state index is -4.44. The summed E-state index contributed by atoms with van der Waals surface area (Å²) in [5.74, 6) is 0.392. The van der Waals surface area contributed by atoms with Crippen molar-refractivity contribution in [3.05, 3.63) is 30.7 Å². The van der Waals surface area contributed by atoms with Gasteiger partial charge in [-0.1, -0.05) is 0 Å². The van der Waals surface area contributed by atoms with Crippen LogP contribution in [-0.2, 0) is 4.79 Å². The second-order valence-corrected chi connectivity index (χ2v) is 7.03. The van der Waals surface area contributed by atoms with Crippen molar-refractivity contribution in [2.24, 2.45) is 5.73 Å². The lowest BCUT2D eigenvalue weighted by atomic mass is 10.1. The minimum Gasteiger partial charge on any atom is -0.479 e. The molecule has 1 atom stereocenters. The number of rotatable bonds is 6. The van der Waals surface area contributed by atoms with E-state index in [0.29, 0.717) is 37.7 Å². The zero-order chi connectivity index (χ0) is 21.3. The number of halogens is 3. The van der Waals surface area contributed by atoms with E-state index >= 15 is 0 Å². The van der Waals surface area contributed by atoms with Crippen molar-refractivity contribution in [3.63, 3.8) is 0 Å². The van der Waals surface area contributed by atoms with E-state index in [1.807, 2.05) is 4.90 Å². The van der Waals surface area contributed by atoms with Gasteiger partial charge in [0, 0.05) is 38.2 Å². The summed E-state index contributed by atoms with van der Waals surface area (Å²) >= 11 is 0. The van der Waals surface area contributed by atoms with Crippen LogP contribution in [0, 0.1) is 0 Å². The molecule has 4 heterocycles. The Hall–Kier alpha value is -3.15. The quantitative estimate of drug-likeness (QED) is 0.736. The first kappa shape index (κ1) is 20.1. The first-order chi connectivity index (χ1) is 14.3. The Morgan fingerprint density at radius 2 is 1.87 bits per heavy atom.